The highest BCUT2D eigenvalue weighted by atomic mass is 16.5. The molecule has 1 heterocycles. The van der Waals surface area contributed by atoms with E-state index in [1.807, 2.05) is 12.1 Å². The number of aryl methyl sites for hydroxylation is 1. The Bertz CT molecular complexity index is 719. The first kappa shape index (κ1) is 22.8. The van der Waals surface area contributed by atoms with Gasteiger partial charge in [-0.25, -0.2) is 0 Å². The molecule has 8 heteroatoms. The minimum atomic E-state index is -0.131. The van der Waals surface area contributed by atoms with Crippen molar-refractivity contribution in [1.82, 2.24) is 10.2 Å². The van der Waals surface area contributed by atoms with Crippen molar-refractivity contribution in [2.24, 2.45) is 5.11 Å². The lowest BCUT2D eigenvalue weighted by Crippen LogP contribution is -2.40. The standard InChI is InChI=1S/C21H33N5O3/c1-4-26-12-8-10-17(26)15-23-21(27)18-13-16(9-6-5-7-11-24-25-22)14-19(28-2)20(18)29-3/h13-14,17H,4-12,15H2,1-3H3,(H,23,27)/t17-/m0/s1. The van der Waals surface area contributed by atoms with Crippen molar-refractivity contribution in [2.75, 3.05) is 40.4 Å². The molecule has 29 heavy (non-hydrogen) atoms. The van der Waals surface area contributed by atoms with Gasteiger partial charge in [0.05, 0.1) is 19.8 Å². The van der Waals surface area contributed by atoms with E-state index in [-0.39, 0.29) is 5.91 Å². The molecule has 1 aliphatic rings. The highest BCUT2D eigenvalue weighted by molar-refractivity contribution is 5.98. The fraction of sp³-hybridized carbons (Fsp3) is 0.667. The van der Waals surface area contributed by atoms with Crippen LogP contribution in [0.1, 0.15) is 54.9 Å². The fourth-order valence-corrected chi connectivity index (χ4v) is 3.92. The number of carbonyl (C=O) groups is 1. The number of nitrogens with zero attached hydrogens (tertiary/aromatic N) is 4. The predicted molar refractivity (Wildman–Crippen MR) is 114 cm³/mol. The van der Waals surface area contributed by atoms with E-state index in [0.29, 0.717) is 36.2 Å². The molecule has 1 fully saturated rings. The van der Waals surface area contributed by atoms with Crippen LogP contribution in [0.5, 0.6) is 11.5 Å². The van der Waals surface area contributed by atoms with Crippen LogP contribution in [0.15, 0.2) is 17.2 Å². The van der Waals surface area contributed by atoms with E-state index in [1.165, 1.54) is 6.42 Å². The van der Waals surface area contributed by atoms with Crippen molar-refractivity contribution in [2.45, 2.75) is 51.5 Å². The number of carbonyl (C=O) groups excluding carboxylic acids is 1. The van der Waals surface area contributed by atoms with Crippen LogP contribution in [0.4, 0.5) is 0 Å². The number of nitrogens with one attached hydrogen (secondary N) is 1. The Morgan fingerprint density at radius 2 is 2.14 bits per heavy atom. The Morgan fingerprint density at radius 3 is 2.83 bits per heavy atom. The largest absolute Gasteiger partial charge is 0.493 e. The summed E-state index contributed by atoms with van der Waals surface area (Å²) in [5.41, 5.74) is 9.87. The molecular formula is C21H33N5O3. The number of likely N-dealkylation sites (N-methyl/N-ethyl adjacent to an activating group) is 1. The molecule has 1 saturated heterocycles. The van der Waals surface area contributed by atoms with Gasteiger partial charge < -0.3 is 14.8 Å². The van der Waals surface area contributed by atoms with Crippen molar-refractivity contribution < 1.29 is 14.3 Å². The van der Waals surface area contributed by atoms with Crippen molar-refractivity contribution in [3.8, 4) is 11.5 Å². The number of azide groups is 1. The normalized spacial score (nSPS) is 16.3. The lowest BCUT2D eigenvalue weighted by Gasteiger charge is -2.23. The third kappa shape index (κ3) is 6.54. The van der Waals surface area contributed by atoms with Crippen LogP contribution in [0, 0.1) is 0 Å². The number of ether oxygens (including phenoxy) is 2. The minimum Gasteiger partial charge on any atom is -0.493 e. The number of unbranched alkanes of at least 4 members (excludes halogenated alkanes) is 2. The van der Waals surface area contributed by atoms with E-state index in [4.69, 9.17) is 15.0 Å². The van der Waals surface area contributed by atoms with Crippen LogP contribution < -0.4 is 14.8 Å². The molecule has 160 valence electrons. The topological polar surface area (TPSA) is 99.6 Å². The molecule has 0 spiro atoms. The number of amides is 1. The molecule has 2 rings (SSSR count). The zero-order chi connectivity index (χ0) is 21.1. The van der Waals surface area contributed by atoms with E-state index >= 15 is 0 Å². The van der Waals surface area contributed by atoms with Gasteiger partial charge in [-0.05, 0) is 68.4 Å². The third-order valence-electron chi connectivity index (χ3n) is 5.47. The number of hydrogen-bond donors (Lipinski definition) is 1. The first-order valence-corrected chi connectivity index (χ1v) is 10.4. The van der Waals surface area contributed by atoms with Gasteiger partial charge in [0.15, 0.2) is 11.5 Å². The average Bonchev–Trinajstić information content (AvgIpc) is 3.21. The van der Waals surface area contributed by atoms with Gasteiger partial charge in [-0.3, -0.25) is 9.69 Å². The summed E-state index contributed by atoms with van der Waals surface area (Å²) in [7, 11) is 3.14. The van der Waals surface area contributed by atoms with Crippen molar-refractivity contribution in [1.29, 1.82) is 0 Å². The Morgan fingerprint density at radius 1 is 1.31 bits per heavy atom. The molecule has 8 nitrogen and oxygen atoms in total. The van der Waals surface area contributed by atoms with Crippen LogP contribution in [0.2, 0.25) is 0 Å². The summed E-state index contributed by atoms with van der Waals surface area (Å²) in [6.45, 7) is 5.42. The van der Waals surface area contributed by atoms with Gasteiger partial charge in [-0.2, -0.15) is 0 Å². The summed E-state index contributed by atoms with van der Waals surface area (Å²) in [6.07, 6.45) is 5.89. The molecule has 1 aromatic rings. The van der Waals surface area contributed by atoms with E-state index < -0.39 is 0 Å². The second-order valence-corrected chi connectivity index (χ2v) is 7.28. The molecule has 0 aromatic heterocycles. The Labute approximate surface area is 173 Å². The maximum absolute atomic E-state index is 12.9. The number of rotatable bonds is 12. The van der Waals surface area contributed by atoms with Gasteiger partial charge in [0.25, 0.3) is 5.91 Å². The summed E-state index contributed by atoms with van der Waals surface area (Å²) in [5.74, 6) is 0.907. The van der Waals surface area contributed by atoms with Crippen LogP contribution in [0.3, 0.4) is 0 Å². The van der Waals surface area contributed by atoms with Gasteiger partial charge >= 0.3 is 0 Å². The second-order valence-electron chi connectivity index (χ2n) is 7.28. The van der Waals surface area contributed by atoms with Crippen LogP contribution in [-0.4, -0.2) is 57.2 Å². The first-order chi connectivity index (χ1) is 14.1. The van der Waals surface area contributed by atoms with E-state index in [1.54, 1.807) is 14.2 Å². The average molecular weight is 404 g/mol. The lowest BCUT2D eigenvalue weighted by molar-refractivity contribution is 0.0937. The quantitative estimate of drug-likeness (QED) is 0.247. The summed E-state index contributed by atoms with van der Waals surface area (Å²) in [5, 5.41) is 6.64. The van der Waals surface area contributed by atoms with E-state index in [9.17, 15) is 4.79 Å². The Hall–Kier alpha value is -2.44. The highest BCUT2D eigenvalue weighted by Gasteiger charge is 2.25. The molecule has 0 saturated carbocycles. The second kappa shape index (κ2) is 12.2. The summed E-state index contributed by atoms with van der Waals surface area (Å²) >= 11 is 0. The predicted octanol–water partition coefficient (Wildman–Crippen LogP) is 3.94. The molecular weight excluding hydrogens is 370 g/mol. The van der Waals surface area contributed by atoms with Crippen molar-refractivity contribution in [3.63, 3.8) is 0 Å². The number of hydrogen-bond acceptors (Lipinski definition) is 5. The van der Waals surface area contributed by atoms with Crippen LogP contribution in [-0.2, 0) is 6.42 Å². The molecule has 0 radical (unpaired) electrons. The third-order valence-corrected chi connectivity index (χ3v) is 5.47. The van der Waals surface area contributed by atoms with Gasteiger partial charge in [0.1, 0.15) is 0 Å². The highest BCUT2D eigenvalue weighted by Crippen LogP contribution is 2.33. The maximum atomic E-state index is 12.9. The summed E-state index contributed by atoms with van der Waals surface area (Å²) < 4.78 is 11.0. The Kier molecular flexibility index (Phi) is 9.60. The Balaban J connectivity index is 2.05. The molecule has 0 bridgehead atoms. The molecule has 1 aromatic carbocycles. The van der Waals surface area contributed by atoms with Crippen LogP contribution in [0.25, 0.3) is 10.4 Å². The number of benzene rings is 1. The molecule has 0 unspecified atom stereocenters. The van der Waals surface area contributed by atoms with Gasteiger partial charge in [-0.15, -0.1) is 0 Å². The molecule has 1 N–H and O–H groups in total. The minimum absolute atomic E-state index is 0.131. The molecule has 1 amide bonds. The summed E-state index contributed by atoms with van der Waals surface area (Å²) in [4.78, 5) is 18.1. The molecule has 0 aliphatic carbocycles. The summed E-state index contributed by atoms with van der Waals surface area (Å²) in [6, 6.07) is 4.23. The number of methoxy groups -OCH3 is 2. The SMILES string of the molecule is CCN1CCC[C@H]1CNC(=O)c1cc(CCCCCN=[N+]=[N-])cc(OC)c1OC. The van der Waals surface area contributed by atoms with Crippen LogP contribution >= 0.6 is 0 Å². The lowest BCUT2D eigenvalue weighted by atomic mass is 10.0. The van der Waals surface area contributed by atoms with Gasteiger partial charge in [-0.1, -0.05) is 18.5 Å². The fourth-order valence-electron chi connectivity index (χ4n) is 3.92. The maximum Gasteiger partial charge on any atom is 0.255 e. The van der Waals surface area contributed by atoms with Gasteiger partial charge in [0.2, 0.25) is 0 Å². The van der Waals surface area contributed by atoms with Gasteiger partial charge in [0, 0.05) is 24.0 Å². The monoisotopic (exact) mass is 403 g/mol. The molecule has 1 aliphatic heterocycles. The number of likely N-dealkylation sites (tertiary alicyclic amines) is 1. The van der Waals surface area contributed by atoms with Crippen molar-refractivity contribution >= 4 is 5.91 Å². The first-order valence-electron chi connectivity index (χ1n) is 10.4. The van der Waals surface area contributed by atoms with E-state index in [0.717, 1.165) is 50.8 Å². The van der Waals surface area contributed by atoms with Crippen molar-refractivity contribution in [3.05, 3.63) is 33.7 Å². The zero-order valence-corrected chi connectivity index (χ0v) is 17.8. The molecule has 1 atom stereocenters. The van der Waals surface area contributed by atoms with E-state index in [2.05, 4.69) is 27.2 Å². The zero-order valence-electron chi connectivity index (χ0n) is 17.8. The smallest absolute Gasteiger partial charge is 0.255 e.